The minimum absolute atomic E-state index is 0.100. The van der Waals surface area contributed by atoms with E-state index in [0.29, 0.717) is 63.3 Å². The summed E-state index contributed by atoms with van der Waals surface area (Å²) in [7, 11) is 0. The van der Waals surface area contributed by atoms with Gasteiger partial charge in [-0.2, -0.15) is 13.2 Å². The van der Waals surface area contributed by atoms with E-state index in [1.54, 1.807) is 9.96 Å². The molecule has 0 atom stereocenters. The summed E-state index contributed by atoms with van der Waals surface area (Å²) in [5.41, 5.74) is 3.01. The van der Waals surface area contributed by atoms with Gasteiger partial charge in [-0.3, -0.25) is 4.90 Å². The molecule has 0 radical (unpaired) electrons. The van der Waals surface area contributed by atoms with Gasteiger partial charge in [0.1, 0.15) is 5.60 Å². The molecule has 2 aliphatic heterocycles. The Hall–Kier alpha value is -3.90. The first-order valence-electron chi connectivity index (χ1n) is 13.9. The van der Waals surface area contributed by atoms with Crippen LogP contribution in [-0.4, -0.2) is 81.8 Å². The molecular weight excluding hydrogens is 551 g/mol. The molecule has 0 saturated carbocycles. The van der Waals surface area contributed by atoms with Crippen LogP contribution in [0.2, 0.25) is 0 Å². The van der Waals surface area contributed by atoms with Gasteiger partial charge in [-0.1, -0.05) is 24.3 Å². The van der Waals surface area contributed by atoms with E-state index in [9.17, 15) is 22.8 Å². The highest BCUT2D eigenvalue weighted by molar-refractivity contribution is 5.91. The van der Waals surface area contributed by atoms with Crippen LogP contribution in [0.5, 0.6) is 0 Å². The molecule has 1 fully saturated rings. The first-order valence-corrected chi connectivity index (χ1v) is 13.9. The molecule has 2 aromatic carbocycles. The molecule has 0 unspecified atom stereocenters. The maximum absolute atomic E-state index is 12.8. The summed E-state index contributed by atoms with van der Waals surface area (Å²) in [6, 6.07) is 10.9. The van der Waals surface area contributed by atoms with E-state index in [-0.39, 0.29) is 11.9 Å². The molecule has 1 N–H and O–H groups in total. The van der Waals surface area contributed by atoms with Crippen LogP contribution in [0, 0.1) is 0 Å². The number of fused-ring (bicyclic) bond motifs is 1. The Morgan fingerprint density at radius 2 is 1.69 bits per heavy atom. The lowest BCUT2D eigenvalue weighted by Crippen LogP contribution is -2.46. The zero-order valence-electron chi connectivity index (χ0n) is 23.8. The van der Waals surface area contributed by atoms with Crippen LogP contribution in [-0.2, 0) is 22.3 Å². The maximum Gasteiger partial charge on any atom is 0.416 e. The van der Waals surface area contributed by atoms with Gasteiger partial charge in [-0.05, 0) is 68.2 Å². The predicted octanol–water partition coefficient (Wildman–Crippen LogP) is 5.50. The molecule has 0 bridgehead atoms. The third kappa shape index (κ3) is 7.29. The number of rotatable bonds is 5. The minimum Gasteiger partial charge on any atom is -0.444 e. The topological polar surface area (TPSA) is 91.0 Å². The molecule has 0 spiro atoms. The maximum atomic E-state index is 12.8. The number of ether oxygens (including phenoxy) is 1. The second kappa shape index (κ2) is 11.8. The molecule has 3 aromatic rings. The highest BCUT2D eigenvalue weighted by atomic mass is 19.4. The monoisotopic (exact) mass is 585 g/mol. The van der Waals surface area contributed by atoms with Crippen molar-refractivity contribution in [3.63, 3.8) is 0 Å². The van der Waals surface area contributed by atoms with Crippen molar-refractivity contribution in [3.05, 3.63) is 71.1 Å². The number of hydroxylamine groups is 2. The van der Waals surface area contributed by atoms with Crippen LogP contribution in [0.3, 0.4) is 0 Å². The molecule has 224 valence electrons. The highest BCUT2D eigenvalue weighted by Crippen LogP contribution is 2.29. The zero-order chi connectivity index (χ0) is 30.1. The number of aromatic amines is 1. The van der Waals surface area contributed by atoms with Crippen molar-refractivity contribution in [2.45, 2.75) is 45.5 Å². The van der Waals surface area contributed by atoms with Gasteiger partial charge < -0.3 is 19.5 Å². The van der Waals surface area contributed by atoms with Crippen molar-refractivity contribution in [1.82, 2.24) is 24.8 Å². The molecule has 2 aliphatic rings. The van der Waals surface area contributed by atoms with Crippen molar-refractivity contribution in [1.29, 1.82) is 0 Å². The van der Waals surface area contributed by atoms with E-state index in [1.165, 1.54) is 12.1 Å². The fourth-order valence-electron chi connectivity index (χ4n) is 4.93. The molecule has 1 saturated heterocycles. The standard InChI is InChI=1S/C30H34F3N5O4/c1-29(2,3)41-28(40)37-12-10-21(11-13-37)22-6-9-24-25(18-22)35-26(34-24)27(39)42-38-16-14-36(15-17-38)19-20-4-7-23(8-5-20)30(31,32)33/h4-10,18H,11-17,19H2,1-3H3,(H,34,35). The van der Waals surface area contributed by atoms with Gasteiger partial charge in [0.2, 0.25) is 5.82 Å². The van der Waals surface area contributed by atoms with Gasteiger partial charge in [0, 0.05) is 45.8 Å². The summed E-state index contributed by atoms with van der Waals surface area (Å²) in [6.45, 7) is 9.17. The van der Waals surface area contributed by atoms with Crippen molar-refractivity contribution >= 4 is 28.7 Å². The zero-order valence-corrected chi connectivity index (χ0v) is 23.8. The fourth-order valence-corrected chi connectivity index (χ4v) is 4.93. The van der Waals surface area contributed by atoms with Crippen LogP contribution in [0.4, 0.5) is 18.0 Å². The number of H-pyrrole nitrogens is 1. The summed E-state index contributed by atoms with van der Waals surface area (Å²) < 4.78 is 43.8. The molecule has 42 heavy (non-hydrogen) atoms. The first kappa shape index (κ1) is 29.6. The number of carbonyl (C=O) groups is 2. The summed E-state index contributed by atoms with van der Waals surface area (Å²) in [4.78, 5) is 42.0. The number of piperazine rings is 1. The number of nitrogens with zero attached hydrogens (tertiary/aromatic N) is 4. The Labute approximate surface area is 241 Å². The molecule has 9 nitrogen and oxygen atoms in total. The van der Waals surface area contributed by atoms with Crippen molar-refractivity contribution in [2.24, 2.45) is 0 Å². The van der Waals surface area contributed by atoms with Gasteiger partial charge in [-0.25, -0.2) is 14.6 Å². The van der Waals surface area contributed by atoms with Gasteiger partial charge >= 0.3 is 18.2 Å². The normalized spacial score (nSPS) is 17.3. The summed E-state index contributed by atoms with van der Waals surface area (Å²) >= 11 is 0. The molecule has 1 amide bonds. The van der Waals surface area contributed by atoms with E-state index in [2.05, 4.69) is 14.9 Å². The van der Waals surface area contributed by atoms with E-state index in [0.717, 1.165) is 28.8 Å². The number of carbonyl (C=O) groups excluding carboxylic acids is 2. The van der Waals surface area contributed by atoms with Gasteiger partial charge in [0.15, 0.2) is 0 Å². The van der Waals surface area contributed by atoms with Crippen molar-refractivity contribution in [2.75, 3.05) is 39.3 Å². The van der Waals surface area contributed by atoms with Crippen LogP contribution >= 0.6 is 0 Å². The van der Waals surface area contributed by atoms with Crippen LogP contribution in [0.1, 0.15) is 54.5 Å². The summed E-state index contributed by atoms with van der Waals surface area (Å²) in [5.74, 6) is -0.489. The Bertz CT molecular complexity index is 1470. The number of aromatic nitrogens is 2. The van der Waals surface area contributed by atoms with Gasteiger partial charge in [-0.15, -0.1) is 5.06 Å². The predicted molar refractivity (Wildman–Crippen MR) is 150 cm³/mol. The third-order valence-electron chi connectivity index (χ3n) is 7.14. The molecule has 0 aliphatic carbocycles. The number of nitrogens with one attached hydrogen (secondary N) is 1. The lowest BCUT2D eigenvalue weighted by Gasteiger charge is -2.33. The lowest BCUT2D eigenvalue weighted by atomic mass is 9.99. The average molecular weight is 586 g/mol. The number of hydrogen-bond acceptors (Lipinski definition) is 7. The largest absolute Gasteiger partial charge is 0.444 e. The van der Waals surface area contributed by atoms with Gasteiger partial charge in [0.05, 0.1) is 16.6 Å². The van der Waals surface area contributed by atoms with E-state index in [4.69, 9.17) is 9.57 Å². The minimum atomic E-state index is -4.35. The quantitative estimate of drug-likeness (QED) is 0.423. The summed E-state index contributed by atoms with van der Waals surface area (Å²) in [5, 5.41) is 1.58. The second-order valence-electron chi connectivity index (χ2n) is 11.5. The first-order chi connectivity index (χ1) is 19.8. The Balaban J connectivity index is 1.13. The molecule has 1 aromatic heterocycles. The van der Waals surface area contributed by atoms with E-state index in [1.807, 2.05) is 45.0 Å². The fraction of sp³-hybridized carbons (Fsp3) is 0.433. The Morgan fingerprint density at radius 1 is 0.976 bits per heavy atom. The van der Waals surface area contributed by atoms with Gasteiger partial charge in [0.25, 0.3) is 0 Å². The average Bonchev–Trinajstić information content (AvgIpc) is 3.37. The van der Waals surface area contributed by atoms with Crippen LogP contribution < -0.4 is 0 Å². The number of amides is 1. The van der Waals surface area contributed by atoms with Crippen molar-refractivity contribution < 1.29 is 32.3 Å². The van der Waals surface area contributed by atoms with Crippen LogP contribution in [0.25, 0.3) is 16.6 Å². The number of halogens is 3. The number of alkyl halides is 3. The summed E-state index contributed by atoms with van der Waals surface area (Å²) in [6.07, 6.45) is -1.99. The van der Waals surface area contributed by atoms with E-state index < -0.39 is 23.3 Å². The van der Waals surface area contributed by atoms with Crippen molar-refractivity contribution in [3.8, 4) is 0 Å². The van der Waals surface area contributed by atoms with E-state index >= 15 is 0 Å². The molecule has 12 heteroatoms. The molecule has 3 heterocycles. The molecule has 5 rings (SSSR count). The number of imidazole rings is 1. The lowest BCUT2D eigenvalue weighted by molar-refractivity contribution is -0.137. The molecular formula is C30H34F3N5O4. The Morgan fingerprint density at radius 3 is 2.31 bits per heavy atom. The second-order valence-corrected chi connectivity index (χ2v) is 11.5. The highest BCUT2D eigenvalue weighted by Gasteiger charge is 2.30. The Kier molecular flexibility index (Phi) is 8.29. The third-order valence-corrected chi connectivity index (χ3v) is 7.14. The smallest absolute Gasteiger partial charge is 0.416 e. The number of benzene rings is 2. The number of hydrogen-bond donors (Lipinski definition) is 1. The SMILES string of the molecule is CC(C)(C)OC(=O)N1CC=C(c2ccc3nc(C(=O)ON4CCN(Cc5ccc(C(F)(F)F)cc5)CC4)[nH]c3c2)CC1. The van der Waals surface area contributed by atoms with Crippen LogP contribution in [0.15, 0.2) is 48.5 Å².